The van der Waals surface area contributed by atoms with Crippen molar-refractivity contribution in [3.05, 3.63) is 35.4 Å². The summed E-state index contributed by atoms with van der Waals surface area (Å²) in [5.41, 5.74) is -0.349. The summed E-state index contributed by atoms with van der Waals surface area (Å²) >= 11 is 4.40. The molecule has 0 aliphatic carbocycles. The van der Waals surface area contributed by atoms with Crippen molar-refractivity contribution < 1.29 is 13.6 Å². The molecule has 0 bridgehead atoms. The predicted octanol–water partition coefficient (Wildman–Crippen LogP) is 2.82. The Hall–Kier alpha value is -1.14. The van der Waals surface area contributed by atoms with Gasteiger partial charge in [0.2, 0.25) is 0 Å². The molecule has 1 fully saturated rings. The lowest BCUT2D eigenvalue weighted by atomic mass is 9.89. The van der Waals surface area contributed by atoms with E-state index < -0.39 is 17.5 Å². The van der Waals surface area contributed by atoms with E-state index in [4.69, 9.17) is 0 Å². The summed E-state index contributed by atoms with van der Waals surface area (Å²) < 4.78 is 26.3. The molecule has 21 heavy (non-hydrogen) atoms. The Morgan fingerprint density at radius 3 is 2.29 bits per heavy atom. The van der Waals surface area contributed by atoms with Crippen molar-refractivity contribution in [2.75, 3.05) is 13.1 Å². The number of thiol groups is 1. The van der Waals surface area contributed by atoms with Crippen LogP contribution in [0.5, 0.6) is 0 Å². The van der Waals surface area contributed by atoms with Gasteiger partial charge in [-0.05, 0) is 38.8 Å². The van der Waals surface area contributed by atoms with Gasteiger partial charge in [0.05, 0.1) is 0 Å². The van der Waals surface area contributed by atoms with E-state index in [1.165, 1.54) is 0 Å². The molecule has 0 unspecified atom stereocenters. The van der Waals surface area contributed by atoms with Crippen LogP contribution in [0.2, 0.25) is 0 Å². The first-order valence-corrected chi connectivity index (χ1v) is 7.51. The fraction of sp³-hybridized carbons (Fsp3) is 0.533. The Labute approximate surface area is 129 Å². The molecule has 1 amide bonds. The molecule has 1 heterocycles. The van der Waals surface area contributed by atoms with Gasteiger partial charge in [0.1, 0.15) is 11.6 Å². The Balaban J connectivity index is 2.02. The number of hydrogen-bond acceptors (Lipinski definition) is 3. The molecule has 0 radical (unpaired) electrons. The number of piperidine rings is 1. The molecular formula is C15H20F2N2OS. The minimum atomic E-state index is -0.746. The zero-order valence-corrected chi connectivity index (χ0v) is 13.1. The number of hydrogen-bond donors (Lipinski definition) is 2. The normalized spacial score (nSPS) is 20.0. The Bertz CT molecular complexity index is 508. The first-order chi connectivity index (χ1) is 9.79. The minimum Gasteiger partial charge on any atom is -0.347 e. The predicted molar refractivity (Wildman–Crippen MR) is 81.5 cm³/mol. The smallest absolute Gasteiger partial charge is 0.251 e. The second-order valence-corrected chi connectivity index (χ2v) is 6.59. The molecule has 0 spiro atoms. The van der Waals surface area contributed by atoms with Gasteiger partial charge in [-0.25, -0.2) is 8.78 Å². The summed E-state index contributed by atoms with van der Waals surface area (Å²) in [7, 11) is 0. The zero-order chi connectivity index (χ0) is 15.6. The van der Waals surface area contributed by atoms with Gasteiger partial charge < -0.3 is 5.32 Å². The fourth-order valence-electron chi connectivity index (χ4n) is 2.55. The van der Waals surface area contributed by atoms with Crippen molar-refractivity contribution in [1.82, 2.24) is 10.2 Å². The summed E-state index contributed by atoms with van der Waals surface area (Å²) in [4.78, 5) is 14.4. The SMILES string of the molecule is C[C@H](S)N1CCC(C)(NC(=O)c2cc(F)cc(F)c2)CC1. The summed E-state index contributed by atoms with van der Waals surface area (Å²) in [6, 6.07) is 2.85. The van der Waals surface area contributed by atoms with E-state index in [2.05, 4.69) is 22.8 Å². The number of carbonyl (C=O) groups excluding carboxylic acids is 1. The number of nitrogens with one attached hydrogen (secondary N) is 1. The fourth-order valence-corrected chi connectivity index (χ4v) is 2.78. The van der Waals surface area contributed by atoms with Gasteiger partial charge in [-0.3, -0.25) is 9.69 Å². The number of halogens is 2. The molecule has 1 aliphatic rings. The van der Waals surface area contributed by atoms with Crippen molar-refractivity contribution in [3.8, 4) is 0 Å². The molecule has 1 saturated heterocycles. The standard InChI is InChI=1S/C15H20F2N2OS/c1-10(21)19-5-3-15(2,4-6-19)18-14(20)11-7-12(16)9-13(17)8-11/h7-10,21H,3-6H2,1-2H3,(H,18,20)/t10-/m0/s1. The number of benzene rings is 1. The van der Waals surface area contributed by atoms with Crippen molar-refractivity contribution in [2.24, 2.45) is 0 Å². The Kier molecular flexibility index (Phi) is 4.88. The Morgan fingerprint density at radius 1 is 1.29 bits per heavy atom. The van der Waals surface area contributed by atoms with Crippen LogP contribution in [-0.2, 0) is 0 Å². The number of carbonyl (C=O) groups is 1. The quantitative estimate of drug-likeness (QED) is 0.841. The molecule has 6 heteroatoms. The maximum absolute atomic E-state index is 13.2. The van der Waals surface area contributed by atoms with Crippen LogP contribution < -0.4 is 5.32 Å². The molecule has 2 rings (SSSR count). The third kappa shape index (κ3) is 4.17. The molecule has 0 saturated carbocycles. The monoisotopic (exact) mass is 314 g/mol. The molecule has 0 aromatic heterocycles. The molecule has 1 aromatic rings. The van der Waals surface area contributed by atoms with Crippen LogP contribution in [0.25, 0.3) is 0 Å². The van der Waals surface area contributed by atoms with Crippen molar-refractivity contribution >= 4 is 18.5 Å². The van der Waals surface area contributed by atoms with Crippen LogP contribution in [0.3, 0.4) is 0 Å². The van der Waals surface area contributed by atoms with Crippen LogP contribution in [0, 0.1) is 11.6 Å². The molecule has 3 nitrogen and oxygen atoms in total. The molecule has 1 aliphatic heterocycles. The first-order valence-electron chi connectivity index (χ1n) is 7.00. The van der Waals surface area contributed by atoms with E-state index in [0.717, 1.165) is 44.1 Å². The van der Waals surface area contributed by atoms with Crippen molar-refractivity contribution in [3.63, 3.8) is 0 Å². The minimum absolute atomic E-state index is 0.0127. The van der Waals surface area contributed by atoms with E-state index in [-0.39, 0.29) is 16.5 Å². The van der Waals surface area contributed by atoms with Crippen LogP contribution in [-0.4, -0.2) is 34.8 Å². The second-order valence-electron chi connectivity index (χ2n) is 5.84. The van der Waals surface area contributed by atoms with E-state index in [1.807, 2.05) is 13.8 Å². The van der Waals surface area contributed by atoms with E-state index in [0.29, 0.717) is 0 Å². The van der Waals surface area contributed by atoms with Gasteiger partial charge in [-0.2, -0.15) is 12.6 Å². The molecule has 1 aromatic carbocycles. The largest absolute Gasteiger partial charge is 0.347 e. The van der Waals surface area contributed by atoms with Crippen LogP contribution in [0.1, 0.15) is 37.0 Å². The van der Waals surface area contributed by atoms with Gasteiger partial charge in [-0.1, -0.05) is 0 Å². The first kappa shape index (κ1) is 16.2. The molecule has 116 valence electrons. The summed E-state index contributed by atoms with van der Waals surface area (Å²) in [6.07, 6.45) is 1.56. The summed E-state index contributed by atoms with van der Waals surface area (Å²) in [5, 5.41) is 3.08. The number of amides is 1. The highest BCUT2D eigenvalue weighted by Crippen LogP contribution is 2.24. The van der Waals surface area contributed by atoms with Crippen LogP contribution in [0.4, 0.5) is 8.78 Å². The van der Waals surface area contributed by atoms with Gasteiger partial charge in [-0.15, -0.1) is 0 Å². The highest BCUT2D eigenvalue weighted by Gasteiger charge is 2.32. The molecule has 1 N–H and O–H groups in total. The number of likely N-dealkylation sites (tertiary alicyclic amines) is 1. The van der Waals surface area contributed by atoms with E-state index >= 15 is 0 Å². The highest BCUT2D eigenvalue weighted by atomic mass is 32.1. The number of nitrogens with zero attached hydrogens (tertiary/aromatic N) is 1. The summed E-state index contributed by atoms with van der Waals surface area (Å²) in [5.74, 6) is -1.93. The van der Waals surface area contributed by atoms with Crippen LogP contribution in [0.15, 0.2) is 18.2 Å². The van der Waals surface area contributed by atoms with Crippen molar-refractivity contribution in [2.45, 2.75) is 37.6 Å². The average molecular weight is 314 g/mol. The summed E-state index contributed by atoms with van der Waals surface area (Å²) in [6.45, 7) is 5.64. The molecule has 1 atom stereocenters. The lowest BCUT2D eigenvalue weighted by Crippen LogP contribution is -2.54. The number of rotatable bonds is 3. The lowest BCUT2D eigenvalue weighted by Gasteiger charge is -2.41. The topological polar surface area (TPSA) is 32.3 Å². The zero-order valence-electron chi connectivity index (χ0n) is 12.2. The third-order valence-electron chi connectivity index (χ3n) is 3.97. The van der Waals surface area contributed by atoms with Crippen molar-refractivity contribution in [1.29, 1.82) is 0 Å². The third-order valence-corrected chi connectivity index (χ3v) is 4.30. The second kappa shape index (κ2) is 6.32. The highest BCUT2D eigenvalue weighted by molar-refractivity contribution is 7.80. The van der Waals surface area contributed by atoms with E-state index in [9.17, 15) is 13.6 Å². The Morgan fingerprint density at radius 2 is 1.81 bits per heavy atom. The van der Waals surface area contributed by atoms with Gasteiger partial charge >= 0.3 is 0 Å². The van der Waals surface area contributed by atoms with E-state index in [1.54, 1.807) is 0 Å². The van der Waals surface area contributed by atoms with Crippen LogP contribution >= 0.6 is 12.6 Å². The maximum Gasteiger partial charge on any atom is 0.251 e. The van der Waals surface area contributed by atoms with Gasteiger partial charge in [0, 0.05) is 35.6 Å². The van der Waals surface area contributed by atoms with Gasteiger partial charge in [0.25, 0.3) is 5.91 Å². The molecular weight excluding hydrogens is 294 g/mol. The average Bonchev–Trinajstić information content (AvgIpc) is 2.37. The maximum atomic E-state index is 13.2. The lowest BCUT2D eigenvalue weighted by molar-refractivity contribution is 0.0829. The van der Waals surface area contributed by atoms with Gasteiger partial charge in [0.15, 0.2) is 0 Å².